The van der Waals surface area contributed by atoms with Gasteiger partial charge in [0.1, 0.15) is 5.82 Å². The number of morpholine rings is 1. The number of fused-ring (bicyclic) bond motifs is 1. The Balaban J connectivity index is 1.72. The summed E-state index contributed by atoms with van der Waals surface area (Å²) < 4.78 is 20.0. The minimum atomic E-state index is -0.526. The van der Waals surface area contributed by atoms with Gasteiger partial charge in [-0.25, -0.2) is 4.39 Å². The van der Waals surface area contributed by atoms with Crippen LogP contribution in [0.4, 0.5) is 15.8 Å². The molecule has 0 aromatic heterocycles. The van der Waals surface area contributed by atoms with E-state index in [1.807, 2.05) is 6.07 Å². The van der Waals surface area contributed by atoms with Crippen LogP contribution in [0, 0.1) is 11.2 Å². The highest BCUT2D eigenvalue weighted by Crippen LogP contribution is 2.47. The summed E-state index contributed by atoms with van der Waals surface area (Å²) >= 11 is 0. The minimum Gasteiger partial charge on any atom is -0.378 e. The first kappa shape index (κ1) is 18.7. The third kappa shape index (κ3) is 3.33. The fraction of sp³-hybridized carbons (Fsp3) is 0.409. The maximum Gasteiger partial charge on any atom is 0.249 e. The molecule has 148 valence electrons. The molecule has 0 aliphatic carbocycles. The molecule has 0 bridgehead atoms. The van der Waals surface area contributed by atoms with E-state index in [0.29, 0.717) is 23.2 Å². The summed E-state index contributed by atoms with van der Waals surface area (Å²) in [6, 6.07) is 11.1. The van der Waals surface area contributed by atoms with Crippen molar-refractivity contribution in [3.63, 3.8) is 0 Å². The van der Waals surface area contributed by atoms with Crippen LogP contribution in [0.1, 0.15) is 41.4 Å². The Morgan fingerprint density at radius 1 is 1.25 bits per heavy atom. The Hall–Kier alpha value is -2.60. The van der Waals surface area contributed by atoms with Gasteiger partial charge in [0, 0.05) is 24.3 Å². The lowest BCUT2D eigenvalue weighted by Crippen LogP contribution is -2.38. The SMILES string of the molecule is CC1(C)Cc2c(C(N)=O)ccc(F)c2NC1c1cccc(N2CCOCC2)c1. The van der Waals surface area contributed by atoms with E-state index >= 15 is 0 Å². The van der Waals surface area contributed by atoms with Crippen molar-refractivity contribution in [3.8, 4) is 0 Å². The Morgan fingerprint density at radius 3 is 2.71 bits per heavy atom. The van der Waals surface area contributed by atoms with Gasteiger partial charge >= 0.3 is 0 Å². The molecule has 0 radical (unpaired) electrons. The van der Waals surface area contributed by atoms with Crippen molar-refractivity contribution in [2.45, 2.75) is 26.3 Å². The lowest BCUT2D eigenvalue weighted by Gasteiger charge is -2.42. The topological polar surface area (TPSA) is 67.6 Å². The van der Waals surface area contributed by atoms with Crippen LogP contribution in [0.3, 0.4) is 0 Å². The van der Waals surface area contributed by atoms with Crippen LogP contribution in [0.15, 0.2) is 36.4 Å². The van der Waals surface area contributed by atoms with Gasteiger partial charge in [0.2, 0.25) is 5.91 Å². The number of carbonyl (C=O) groups is 1. The van der Waals surface area contributed by atoms with Crippen molar-refractivity contribution >= 4 is 17.3 Å². The predicted molar refractivity (Wildman–Crippen MR) is 108 cm³/mol. The van der Waals surface area contributed by atoms with E-state index in [2.05, 4.69) is 42.3 Å². The molecular weight excluding hydrogens is 357 g/mol. The molecule has 1 fully saturated rings. The van der Waals surface area contributed by atoms with Crippen LogP contribution in [-0.4, -0.2) is 32.2 Å². The third-order valence-corrected chi connectivity index (χ3v) is 5.81. The van der Waals surface area contributed by atoms with Crippen molar-refractivity contribution in [1.29, 1.82) is 0 Å². The van der Waals surface area contributed by atoms with Gasteiger partial charge in [0.25, 0.3) is 0 Å². The fourth-order valence-electron chi connectivity index (χ4n) is 4.34. The van der Waals surface area contributed by atoms with Crippen molar-refractivity contribution in [2.24, 2.45) is 11.1 Å². The number of nitrogens with zero attached hydrogens (tertiary/aromatic N) is 1. The lowest BCUT2D eigenvalue weighted by atomic mass is 9.72. The molecule has 0 saturated carbocycles. The largest absolute Gasteiger partial charge is 0.378 e. The molecule has 2 aliphatic heterocycles. The number of benzene rings is 2. The number of hydrogen-bond donors (Lipinski definition) is 2. The smallest absolute Gasteiger partial charge is 0.249 e. The molecule has 2 aromatic carbocycles. The standard InChI is InChI=1S/C22H26FN3O2/c1-22(2)13-17-16(21(24)27)6-7-18(23)19(17)25-20(22)14-4-3-5-15(12-14)26-8-10-28-11-9-26/h3-7,12,20,25H,8-11,13H2,1-2H3,(H2,24,27). The van der Waals surface area contributed by atoms with E-state index in [1.165, 1.54) is 12.1 Å². The summed E-state index contributed by atoms with van der Waals surface area (Å²) in [5.41, 5.74) is 8.98. The maximum absolute atomic E-state index is 14.6. The molecule has 6 heteroatoms. The van der Waals surface area contributed by atoms with E-state index in [0.717, 1.165) is 37.6 Å². The molecule has 2 heterocycles. The number of primary amides is 1. The summed E-state index contributed by atoms with van der Waals surface area (Å²) in [5.74, 6) is -0.883. The molecule has 1 unspecified atom stereocenters. The van der Waals surface area contributed by atoms with E-state index in [1.54, 1.807) is 0 Å². The van der Waals surface area contributed by atoms with E-state index in [-0.39, 0.29) is 17.3 Å². The summed E-state index contributed by atoms with van der Waals surface area (Å²) in [6.07, 6.45) is 0.567. The van der Waals surface area contributed by atoms with Crippen LogP contribution in [0.2, 0.25) is 0 Å². The number of hydrogen-bond acceptors (Lipinski definition) is 4. The minimum absolute atomic E-state index is 0.0846. The first-order valence-corrected chi connectivity index (χ1v) is 9.67. The Kier molecular flexibility index (Phi) is 4.75. The normalized spacial score (nSPS) is 21.0. The number of amides is 1. The van der Waals surface area contributed by atoms with Crippen molar-refractivity contribution in [1.82, 2.24) is 0 Å². The Morgan fingerprint density at radius 2 is 2.00 bits per heavy atom. The Labute approximate surface area is 164 Å². The van der Waals surface area contributed by atoms with Gasteiger partial charge in [0.15, 0.2) is 0 Å². The number of anilines is 2. The molecule has 0 spiro atoms. The second-order valence-corrected chi connectivity index (χ2v) is 8.25. The summed E-state index contributed by atoms with van der Waals surface area (Å²) in [7, 11) is 0. The zero-order valence-corrected chi connectivity index (χ0v) is 16.3. The molecule has 28 heavy (non-hydrogen) atoms. The number of nitrogens with one attached hydrogen (secondary N) is 1. The number of carbonyl (C=O) groups excluding carboxylic acids is 1. The van der Waals surface area contributed by atoms with Crippen LogP contribution in [0.5, 0.6) is 0 Å². The zero-order valence-electron chi connectivity index (χ0n) is 16.3. The van der Waals surface area contributed by atoms with Crippen LogP contribution < -0.4 is 16.0 Å². The van der Waals surface area contributed by atoms with Crippen molar-refractivity contribution in [3.05, 3.63) is 58.9 Å². The molecule has 1 saturated heterocycles. The van der Waals surface area contributed by atoms with Gasteiger partial charge in [-0.15, -0.1) is 0 Å². The van der Waals surface area contributed by atoms with Gasteiger partial charge in [-0.05, 0) is 47.2 Å². The number of rotatable bonds is 3. The first-order valence-electron chi connectivity index (χ1n) is 9.67. The molecule has 1 amide bonds. The zero-order chi connectivity index (χ0) is 19.9. The highest BCUT2D eigenvalue weighted by atomic mass is 19.1. The summed E-state index contributed by atoms with van der Waals surface area (Å²) in [6.45, 7) is 7.45. The van der Waals surface area contributed by atoms with E-state index < -0.39 is 5.91 Å². The van der Waals surface area contributed by atoms with Gasteiger partial charge < -0.3 is 20.7 Å². The van der Waals surface area contributed by atoms with Gasteiger partial charge in [-0.1, -0.05) is 26.0 Å². The van der Waals surface area contributed by atoms with E-state index in [9.17, 15) is 9.18 Å². The average molecular weight is 383 g/mol. The number of nitrogens with two attached hydrogens (primary N) is 1. The van der Waals surface area contributed by atoms with Gasteiger partial charge in [0.05, 0.1) is 24.9 Å². The number of ether oxygens (including phenoxy) is 1. The molecule has 5 nitrogen and oxygen atoms in total. The van der Waals surface area contributed by atoms with Gasteiger partial charge in [-0.3, -0.25) is 4.79 Å². The van der Waals surface area contributed by atoms with Crippen LogP contribution in [0.25, 0.3) is 0 Å². The monoisotopic (exact) mass is 383 g/mol. The second kappa shape index (κ2) is 7.09. The molecule has 2 aromatic rings. The average Bonchev–Trinajstić information content (AvgIpc) is 2.67. The van der Waals surface area contributed by atoms with E-state index in [4.69, 9.17) is 10.5 Å². The van der Waals surface area contributed by atoms with Crippen LogP contribution >= 0.6 is 0 Å². The quantitative estimate of drug-likeness (QED) is 0.851. The summed E-state index contributed by atoms with van der Waals surface area (Å²) in [4.78, 5) is 14.1. The summed E-state index contributed by atoms with van der Waals surface area (Å²) in [5, 5.41) is 3.37. The molecular formula is C22H26FN3O2. The highest BCUT2D eigenvalue weighted by molar-refractivity contribution is 5.96. The predicted octanol–water partition coefficient (Wildman–Crippen LogP) is 3.50. The maximum atomic E-state index is 14.6. The molecule has 1 atom stereocenters. The lowest BCUT2D eigenvalue weighted by molar-refractivity contribution is 0.0998. The highest BCUT2D eigenvalue weighted by Gasteiger charge is 2.38. The second-order valence-electron chi connectivity index (χ2n) is 8.25. The molecule has 2 aliphatic rings. The van der Waals surface area contributed by atoms with Crippen molar-refractivity contribution in [2.75, 3.05) is 36.5 Å². The Bertz CT molecular complexity index is 907. The van der Waals surface area contributed by atoms with Crippen molar-refractivity contribution < 1.29 is 13.9 Å². The molecule has 3 N–H and O–H groups in total. The third-order valence-electron chi connectivity index (χ3n) is 5.81. The number of halogens is 1. The van der Waals surface area contributed by atoms with Crippen LogP contribution in [-0.2, 0) is 11.2 Å². The first-order chi connectivity index (χ1) is 13.4. The molecule has 4 rings (SSSR count). The van der Waals surface area contributed by atoms with Gasteiger partial charge in [-0.2, -0.15) is 0 Å². The fourth-order valence-corrected chi connectivity index (χ4v) is 4.34.